The summed E-state index contributed by atoms with van der Waals surface area (Å²) in [6.45, 7) is 0.606. The summed E-state index contributed by atoms with van der Waals surface area (Å²) in [5.74, 6) is 0.250. The minimum Gasteiger partial charge on any atom is -1.00 e. The van der Waals surface area contributed by atoms with Crippen LogP contribution in [0.15, 0.2) is 48.7 Å². The fraction of sp³-hybridized carbons (Fsp3) is 0.200. The monoisotopic (exact) mass is 385 g/mol. The third kappa shape index (κ3) is 3.93. The number of benzene rings is 1. The maximum Gasteiger partial charge on any atom is 0.403 e. The van der Waals surface area contributed by atoms with Gasteiger partial charge in [0.25, 0.3) is 5.69 Å². The van der Waals surface area contributed by atoms with Crippen LogP contribution in [0, 0.1) is 0 Å². The van der Waals surface area contributed by atoms with Gasteiger partial charge in [0.15, 0.2) is 12.7 Å². The molecule has 0 saturated heterocycles. The Kier molecular flexibility index (Phi) is 6.44. The molecule has 20 heavy (non-hydrogen) atoms. The van der Waals surface area contributed by atoms with Crippen LogP contribution in [0.4, 0.5) is 0 Å². The first-order valence-corrected chi connectivity index (χ1v) is 5.94. The number of carbonyl (C=O) groups is 1. The Bertz CT molecular complexity index is 573. The Morgan fingerprint density at radius 1 is 1.15 bits per heavy atom. The second kappa shape index (κ2) is 7.84. The molecule has 0 fully saturated rings. The zero-order valence-corrected chi connectivity index (χ0v) is 13.5. The summed E-state index contributed by atoms with van der Waals surface area (Å²) in [5, 5.41) is 0. The summed E-state index contributed by atoms with van der Waals surface area (Å²) in [6, 6.07) is 13.4. The van der Waals surface area contributed by atoms with Crippen LogP contribution < -0.4 is 33.3 Å². The number of methoxy groups -OCH3 is 2. The van der Waals surface area contributed by atoms with E-state index in [4.69, 9.17) is 9.47 Å². The van der Waals surface area contributed by atoms with E-state index >= 15 is 0 Å². The molecule has 0 amide bonds. The van der Waals surface area contributed by atoms with Gasteiger partial charge in [-0.05, 0) is 0 Å². The van der Waals surface area contributed by atoms with Crippen molar-refractivity contribution >= 4 is 5.97 Å². The molecule has 0 aliphatic rings. The van der Waals surface area contributed by atoms with Gasteiger partial charge >= 0.3 is 5.97 Å². The van der Waals surface area contributed by atoms with Crippen LogP contribution in [0.3, 0.4) is 0 Å². The van der Waals surface area contributed by atoms with Crippen LogP contribution in [0.25, 0.3) is 0 Å². The molecule has 1 aromatic heterocycles. The van der Waals surface area contributed by atoms with Crippen LogP contribution in [0.5, 0.6) is 5.75 Å². The number of aromatic nitrogens is 1. The predicted octanol–water partition coefficient (Wildman–Crippen LogP) is -1.18. The topological polar surface area (TPSA) is 39.4 Å². The van der Waals surface area contributed by atoms with Gasteiger partial charge in [0.05, 0.1) is 20.3 Å². The molecule has 0 N–H and O–H groups in total. The highest BCUT2D eigenvalue weighted by atomic mass is 127. The minimum absolute atomic E-state index is 0. The SMILES string of the molecule is COC(=O)c1cc(OC)cc[n+]1Cc1ccccc1.[I-]. The van der Waals surface area contributed by atoms with E-state index in [2.05, 4.69) is 0 Å². The summed E-state index contributed by atoms with van der Waals surface area (Å²) in [6.07, 6.45) is 1.82. The van der Waals surface area contributed by atoms with Crippen molar-refractivity contribution in [2.75, 3.05) is 14.2 Å². The highest BCUT2D eigenvalue weighted by molar-refractivity contribution is 5.85. The van der Waals surface area contributed by atoms with Gasteiger partial charge in [-0.2, -0.15) is 4.57 Å². The molecule has 2 aromatic rings. The number of hydrogen-bond acceptors (Lipinski definition) is 3. The number of carbonyl (C=O) groups excluding carboxylic acids is 1. The van der Waals surface area contributed by atoms with Gasteiger partial charge < -0.3 is 33.5 Å². The van der Waals surface area contributed by atoms with E-state index < -0.39 is 0 Å². The summed E-state index contributed by atoms with van der Waals surface area (Å²) in [7, 11) is 2.94. The van der Waals surface area contributed by atoms with Crippen molar-refractivity contribution in [3.05, 3.63) is 59.9 Å². The molecule has 2 rings (SSSR count). The first kappa shape index (κ1) is 16.4. The molecule has 1 heterocycles. The maximum absolute atomic E-state index is 11.8. The normalized spacial score (nSPS) is 9.50. The van der Waals surface area contributed by atoms with E-state index in [0.717, 1.165) is 5.56 Å². The molecule has 5 heteroatoms. The number of nitrogens with zero attached hydrogens (tertiary/aromatic N) is 1. The lowest BCUT2D eigenvalue weighted by Gasteiger charge is -2.05. The lowest BCUT2D eigenvalue weighted by Crippen LogP contribution is -3.00. The Morgan fingerprint density at radius 3 is 2.45 bits per heavy atom. The van der Waals surface area contributed by atoms with Crippen LogP contribution in [0.1, 0.15) is 16.1 Å². The summed E-state index contributed by atoms with van der Waals surface area (Å²) in [4.78, 5) is 11.8. The van der Waals surface area contributed by atoms with Crippen molar-refractivity contribution in [3.63, 3.8) is 0 Å². The van der Waals surface area contributed by atoms with Crippen LogP contribution in [-0.4, -0.2) is 20.2 Å². The quantitative estimate of drug-likeness (QED) is 0.378. The molecule has 106 valence electrons. The smallest absolute Gasteiger partial charge is 0.403 e. The largest absolute Gasteiger partial charge is 1.00 e. The minimum atomic E-state index is -0.380. The molecule has 0 radical (unpaired) electrons. The molecular weight excluding hydrogens is 369 g/mol. The van der Waals surface area contributed by atoms with Crippen molar-refractivity contribution in [3.8, 4) is 5.75 Å². The Balaban J connectivity index is 0.00000200. The van der Waals surface area contributed by atoms with Crippen molar-refractivity contribution in [2.24, 2.45) is 0 Å². The average molecular weight is 385 g/mol. The Hall–Kier alpha value is -1.63. The maximum atomic E-state index is 11.8. The number of pyridine rings is 1. The van der Waals surface area contributed by atoms with Gasteiger partial charge in [-0.25, -0.2) is 4.79 Å². The van der Waals surface area contributed by atoms with E-state index in [-0.39, 0.29) is 29.9 Å². The van der Waals surface area contributed by atoms with E-state index in [1.165, 1.54) is 7.11 Å². The van der Waals surface area contributed by atoms with Crippen molar-refractivity contribution in [1.29, 1.82) is 0 Å². The Morgan fingerprint density at radius 2 is 1.85 bits per heavy atom. The van der Waals surface area contributed by atoms with Gasteiger partial charge in [-0.1, -0.05) is 30.3 Å². The fourth-order valence-electron chi connectivity index (χ4n) is 1.84. The third-order valence-corrected chi connectivity index (χ3v) is 2.83. The first-order valence-electron chi connectivity index (χ1n) is 5.94. The van der Waals surface area contributed by atoms with Gasteiger partial charge in [-0.15, -0.1) is 0 Å². The summed E-state index contributed by atoms with van der Waals surface area (Å²) >= 11 is 0. The van der Waals surface area contributed by atoms with E-state index in [9.17, 15) is 4.79 Å². The van der Waals surface area contributed by atoms with E-state index in [0.29, 0.717) is 18.0 Å². The third-order valence-electron chi connectivity index (χ3n) is 2.83. The lowest BCUT2D eigenvalue weighted by atomic mass is 10.2. The standard InChI is InChI=1S/C15H16NO3.HI/c1-18-13-8-9-16(14(10-13)15(17)19-2)11-12-6-4-3-5-7-12;/h3-10H,11H2,1-2H3;1H/q+1;/p-1. The zero-order chi connectivity index (χ0) is 13.7. The van der Waals surface area contributed by atoms with Crippen molar-refractivity contribution in [1.82, 2.24) is 0 Å². The molecule has 0 aliphatic carbocycles. The molecule has 0 aliphatic heterocycles. The first-order chi connectivity index (χ1) is 9.24. The molecule has 0 atom stereocenters. The van der Waals surface area contributed by atoms with E-state index in [1.54, 1.807) is 13.2 Å². The number of halogens is 1. The van der Waals surface area contributed by atoms with Gasteiger partial charge in [0, 0.05) is 11.6 Å². The number of ether oxygens (including phenoxy) is 2. The second-order valence-electron chi connectivity index (χ2n) is 4.06. The number of esters is 1. The molecule has 0 unspecified atom stereocenters. The van der Waals surface area contributed by atoms with Crippen LogP contribution in [0.2, 0.25) is 0 Å². The van der Waals surface area contributed by atoms with Gasteiger partial charge in [0.2, 0.25) is 0 Å². The molecular formula is C15H16INO3. The predicted molar refractivity (Wildman–Crippen MR) is 70.1 cm³/mol. The fourth-order valence-corrected chi connectivity index (χ4v) is 1.84. The lowest BCUT2D eigenvalue weighted by molar-refractivity contribution is -0.690. The highest BCUT2D eigenvalue weighted by Crippen LogP contribution is 2.10. The summed E-state index contributed by atoms with van der Waals surface area (Å²) in [5.41, 5.74) is 1.58. The molecule has 1 aromatic carbocycles. The van der Waals surface area contributed by atoms with E-state index in [1.807, 2.05) is 47.2 Å². The molecule has 0 saturated carbocycles. The second-order valence-corrected chi connectivity index (χ2v) is 4.06. The average Bonchev–Trinajstić information content (AvgIpc) is 2.48. The molecule has 0 bridgehead atoms. The molecule has 4 nitrogen and oxygen atoms in total. The zero-order valence-electron chi connectivity index (χ0n) is 11.4. The Labute approximate surface area is 135 Å². The summed E-state index contributed by atoms with van der Waals surface area (Å²) < 4.78 is 11.8. The van der Waals surface area contributed by atoms with Crippen LogP contribution in [-0.2, 0) is 11.3 Å². The molecule has 0 spiro atoms. The number of hydrogen-bond donors (Lipinski definition) is 0. The number of rotatable bonds is 4. The van der Waals surface area contributed by atoms with Gasteiger partial charge in [0.1, 0.15) is 5.75 Å². The van der Waals surface area contributed by atoms with Crippen LogP contribution >= 0.6 is 0 Å². The van der Waals surface area contributed by atoms with Crippen molar-refractivity contribution < 1.29 is 42.8 Å². The highest BCUT2D eigenvalue weighted by Gasteiger charge is 2.21. The van der Waals surface area contributed by atoms with Crippen molar-refractivity contribution in [2.45, 2.75) is 6.54 Å². The van der Waals surface area contributed by atoms with Gasteiger partial charge in [-0.3, -0.25) is 0 Å².